The zero-order valence-corrected chi connectivity index (χ0v) is 19.3. The molecular formula is C19H34IN5O3. The number of aryl methyl sites for hydroxylation is 1. The molecule has 3 heterocycles. The summed E-state index contributed by atoms with van der Waals surface area (Å²) in [4.78, 5) is 7.07. The number of aliphatic imine (C=N–C) groups is 1. The van der Waals surface area contributed by atoms with Crippen LogP contribution in [0.1, 0.15) is 31.4 Å². The SMILES string of the molecule is CCNC(=NCCCOCC1CCOC1)N1CCOC(c2cnn(C)c2)C1.I. The van der Waals surface area contributed by atoms with Crippen molar-refractivity contribution in [1.82, 2.24) is 20.0 Å². The molecule has 2 aliphatic heterocycles. The Labute approximate surface area is 185 Å². The molecule has 0 radical (unpaired) electrons. The van der Waals surface area contributed by atoms with Gasteiger partial charge in [0.2, 0.25) is 0 Å². The van der Waals surface area contributed by atoms with E-state index in [0.717, 1.165) is 77.0 Å². The molecule has 9 heteroatoms. The Morgan fingerprint density at radius 3 is 3.04 bits per heavy atom. The quantitative estimate of drug-likeness (QED) is 0.251. The summed E-state index contributed by atoms with van der Waals surface area (Å²) in [5.41, 5.74) is 1.11. The summed E-state index contributed by atoms with van der Waals surface area (Å²) in [6, 6.07) is 0. The van der Waals surface area contributed by atoms with E-state index < -0.39 is 0 Å². The Morgan fingerprint density at radius 2 is 2.32 bits per heavy atom. The molecule has 1 N–H and O–H groups in total. The minimum absolute atomic E-state index is 0. The van der Waals surface area contributed by atoms with Crippen LogP contribution < -0.4 is 5.32 Å². The molecule has 0 spiro atoms. The first-order valence-electron chi connectivity index (χ1n) is 10.0. The highest BCUT2D eigenvalue weighted by Gasteiger charge is 2.25. The van der Waals surface area contributed by atoms with Crippen LogP contribution in [0.3, 0.4) is 0 Å². The van der Waals surface area contributed by atoms with Gasteiger partial charge in [0, 0.05) is 57.6 Å². The van der Waals surface area contributed by atoms with Crippen LogP contribution in [0.2, 0.25) is 0 Å². The maximum absolute atomic E-state index is 5.93. The molecule has 1 aromatic rings. The maximum atomic E-state index is 5.93. The van der Waals surface area contributed by atoms with Gasteiger partial charge in [-0.1, -0.05) is 0 Å². The number of ether oxygens (including phenoxy) is 3. The van der Waals surface area contributed by atoms with Crippen molar-refractivity contribution in [3.05, 3.63) is 18.0 Å². The van der Waals surface area contributed by atoms with Gasteiger partial charge in [-0.2, -0.15) is 5.10 Å². The first-order chi connectivity index (χ1) is 13.3. The van der Waals surface area contributed by atoms with Gasteiger partial charge in [0.05, 0.1) is 32.6 Å². The highest BCUT2D eigenvalue weighted by atomic mass is 127. The molecule has 2 atom stereocenters. The first kappa shape index (κ1) is 23.4. The molecule has 0 aliphatic carbocycles. The van der Waals surface area contributed by atoms with Crippen molar-refractivity contribution >= 4 is 29.9 Å². The third-order valence-electron chi connectivity index (χ3n) is 4.88. The predicted octanol–water partition coefficient (Wildman–Crippen LogP) is 1.82. The number of nitrogens with one attached hydrogen (secondary N) is 1. The Kier molecular flexibility index (Phi) is 10.5. The third kappa shape index (κ3) is 7.16. The van der Waals surface area contributed by atoms with Crippen LogP contribution >= 0.6 is 24.0 Å². The lowest BCUT2D eigenvalue weighted by atomic mass is 10.1. The molecule has 0 saturated carbocycles. The second-order valence-electron chi connectivity index (χ2n) is 7.15. The van der Waals surface area contributed by atoms with Crippen molar-refractivity contribution < 1.29 is 14.2 Å². The Morgan fingerprint density at radius 1 is 1.43 bits per heavy atom. The fourth-order valence-corrected chi connectivity index (χ4v) is 3.39. The third-order valence-corrected chi connectivity index (χ3v) is 4.88. The minimum atomic E-state index is 0. The van der Waals surface area contributed by atoms with Crippen molar-refractivity contribution in [2.45, 2.75) is 25.9 Å². The van der Waals surface area contributed by atoms with Crippen molar-refractivity contribution in [3.8, 4) is 0 Å². The smallest absolute Gasteiger partial charge is 0.194 e. The van der Waals surface area contributed by atoms with Gasteiger partial charge < -0.3 is 24.4 Å². The van der Waals surface area contributed by atoms with Gasteiger partial charge in [0.15, 0.2) is 5.96 Å². The van der Waals surface area contributed by atoms with E-state index in [1.54, 1.807) is 0 Å². The summed E-state index contributed by atoms with van der Waals surface area (Å²) >= 11 is 0. The average molecular weight is 507 g/mol. The largest absolute Gasteiger partial charge is 0.381 e. The van der Waals surface area contributed by atoms with Crippen molar-refractivity contribution in [3.63, 3.8) is 0 Å². The number of morpholine rings is 1. The van der Waals surface area contributed by atoms with E-state index in [1.807, 2.05) is 24.1 Å². The number of hydrogen-bond donors (Lipinski definition) is 1. The Bertz CT molecular complexity index is 592. The molecule has 28 heavy (non-hydrogen) atoms. The lowest BCUT2D eigenvalue weighted by molar-refractivity contribution is -0.00805. The molecule has 2 fully saturated rings. The molecule has 0 amide bonds. The normalized spacial score (nSPS) is 22.9. The number of rotatable bonds is 8. The summed E-state index contributed by atoms with van der Waals surface area (Å²) in [6.45, 7) is 9.32. The van der Waals surface area contributed by atoms with E-state index in [1.165, 1.54) is 0 Å². The first-order valence-corrected chi connectivity index (χ1v) is 10.0. The van der Waals surface area contributed by atoms with Crippen molar-refractivity contribution in [1.29, 1.82) is 0 Å². The molecule has 2 aliphatic rings. The molecule has 0 aromatic carbocycles. The van der Waals surface area contributed by atoms with Crippen LogP contribution in [0.25, 0.3) is 0 Å². The van der Waals surface area contributed by atoms with Crippen LogP contribution in [0.15, 0.2) is 17.4 Å². The van der Waals surface area contributed by atoms with Crippen LogP contribution in [0.5, 0.6) is 0 Å². The Balaban J connectivity index is 0.00000280. The zero-order valence-electron chi connectivity index (χ0n) is 17.0. The molecule has 1 aromatic heterocycles. The van der Waals surface area contributed by atoms with Gasteiger partial charge in [-0.3, -0.25) is 9.67 Å². The maximum Gasteiger partial charge on any atom is 0.194 e. The van der Waals surface area contributed by atoms with E-state index in [-0.39, 0.29) is 30.1 Å². The van der Waals surface area contributed by atoms with Gasteiger partial charge >= 0.3 is 0 Å². The second-order valence-corrected chi connectivity index (χ2v) is 7.15. The summed E-state index contributed by atoms with van der Waals surface area (Å²) in [5.74, 6) is 1.53. The minimum Gasteiger partial charge on any atom is -0.381 e. The van der Waals surface area contributed by atoms with Gasteiger partial charge in [-0.05, 0) is 19.8 Å². The predicted molar refractivity (Wildman–Crippen MR) is 119 cm³/mol. The van der Waals surface area contributed by atoms with E-state index in [4.69, 9.17) is 19.2 Å². The van der Waals surface area contributed by atoms with E-state index >= 15 is 0 Å². The molecule has 3 rings (SSSR count). The summed E-state index contributed by atoms with van der Waals surface area (Å²) in [7, 11) is 1.93. The Hall–Kier alpha value is -0.910. The fourth-order valence-electron chi connectivity index (χ4n) is 3.39. The highest BCUT2D eigenvalue weighted by molar-refractivity contribution is 14.0. The number of nitrogens with zero attached hydrogens (tertiary/aromatic N) is 4. The zero-order chi connectivity index (χ0) is 18.9. The lowest BCUT2D eigenvalue weighted by Crippen LogP contribution is -2.48. The molecule has 0 bridgehead atoms. The summed E-state index contributed by atoms with van der Waals surface area (Å²) in [6.07, 6.45) is 5.99. The van der Waals surface area contributed by atoms with Crippen LogP contribution in [-0.4, -0.2) is 79.9 Å². The van der Waals surface area contributed by atoms with Crippen LogP contribution in [0.4, 0.5) is 0 Å². The van der Waals surface area contributed by atoms with Gasteiger partial charge in [-0.25, -0.2) is 0 Å². The second kappa shape index (κ2) is 12.6. The summed E-state index contributed by atoms with van der Waals surface area (Å²) in [5, 5.41) is 7.66. The summed E-state index contributed by atoms with van der Waals surface area (Å²) < 4.78 is 18.9. The number of halogens is 1. The van der Waals surface area contributed by atoms with E-state index in [0.29, 0.717) is 12.5 Å². The monoisotopic (exact) mass is 507 g/mol. The number of hydrogen-bond acceptors (Lipinski definition) is 5. The molecule has 2 unspecified atom stereocenters. The number of aromatic nitrogens is 2. The average Bonchev–Trinajstić information content (AvgIpc) is 3.35. The highest BCUT2D eigenvalue weighted by Crippen LogP contribution is 2.21. The lowest BCUT2D eigenvalue weighted by Gasteiger charge is -2.34. The van der Waals surface area contributed by atoms with E-state index in [9.17, 15) is 0 Å². The van der Waals surface area contributed by atoms with Gasteiger partial charge in [0.25, 0.3) is 0 Å². The molecule has 160 valence electrons. The van der Waals surface area contributed by atoms with Crippen molar-refractivity contribution in [2.75, 3.05) is 59.2 Å². The molecule has 8 nitrogen and oxygen atoms in total. The standard InChI is InChI=1S/C19H33N5O3.HI/c1-3-20-19(21-6-4-8-25-14-16-5-9-26-15-16)24-7-10-27-18(13-24)17-11-22-23(2)12-17;/h11-12,16,18H,3-10,13-15H2,1-2H3,(H,20,21);1H. The topological polar surface area (TPSA) is 73.1 Å². The van der Waals surface area contributed by atoms with Gasteiger partial charge in [-0.15, -0.1) is 24.0 Å². The van der Waals surface area contributed by atoms with E-state index in [2.05, 4.69) is 22.2 Å². The molecule has 2 saturated heterocycles. The number of guanidine groups is 1. The van der Waals surface area contributed by atoms with Crippen LogP contribution in [0, 0.1) is 5.92 Å². The fraction of sp³-hybridized carbons (Fsp3) is 0.789. The van der Waals surface area contributed by atoms with Crippen LogP contribution in [-0.2, 0) is 21.3 Å². The molecular weight excluding hydrogens is 473 g/mol. The van der Waals surface area contributed by atoms with Crippen molar-refractivity contribution in [2.24, 2.45) is 18.0 Å². The van der Waals surface area contributed by atoms with Gasteiger partial charge in [0.1, 0.15) is 6.10 Å².